The highest BCUT2D eigenvalue weighted by molar-refractivity contribution is 5.02. The second-order valence-electron chi connectivity index (χ2n) is 3.59. The highest BCUT2D eigenvalue weighted by Crippen LogP contribution is 2.13. The molecule has 0 radical (unpaired) electrons. The third-order valence-corrected chi connectivity index (χ3v) is 2.18. The highest BCUT2D eigenvalue weighted by Gasteiger charge is 1.93. The fourth-order valence-electron chi connectivity index (χ4n) is 1.55. The van der Waals surface area contributed by atoms with Gasteiger partial charge in [-0.05, 0) is 25.7 Å². The van der Waals surface area contributed by atoms with E-state index in [1.807, 2.05) is 12.2 Å². The average molecular weight is 196 g/mol. The van der Waals surface area contributed by atoms with Crippen LogP contribution in [0.3, 0.4) is 0 Å². The molecule has 82 valence electrons. The predicted molar refractivity (Wildman–Crippen MR) is 63.4 cm³/mol. The van der Waals surface area contributed by atoms with Gasteiger partial charge >= 0.3 is 0 Å². The van der Waals surface area contributed by atoms with Crippen molar-refractivity contribution in [1.82, 2.24) is 0 Å². The molecule has 0 rings (SSSR count). The number of aliphatic hydroxyl groups excluding tert-OH is 1. The summed E-state index contributed by atoms with van der Waals surface area (Å²) >= 11 is 0. The van der Waals surface area contributed by atoms with E-state index in [1.54, 1.807) is 5.57 Å². The molecule has 14 heavy (non-hydrogen) atoms. The largest absolute Gasteiger partial charge is 0.392 e. The van der Waals surface area contributed by atoms with Gasteiger partial charge in [-0.2, -0.15) is 0 Å². The van der Waals surface area contributed by atoms with Crippen LogP contribution in [0.25, 0.3) is 0 Å². The number of hydrogen-bond acceptors (Lipinski definition) is 1. The summed E-state index contributed by atoms with van der Waals surface area (Å²) in [4.78, 5) is 0. The zero-order chi connectivity index (χ0) is 10.6. The van der Waals surface area contributed by atoms with E-state index in [1.165, 1.54) is 25.7 Å². The van der Waals surface area contributed by atoms with Crippen molar-refractivity contribution in [2.24, 2.45) is 0 Å². The molecule has 0 aliphatic rings. The number of hydrogen-bond donors (Lipinski definition) is 1. The summed E-state index contributed by atoms with van der Waals surface area (Å²) in [5, 5.41) is 8.54. The second kappa shape index (κ2) is 10.5. The van der Waals surface area contributed by atoms with Gasteiger partial charge in [0.1, 0.15) is 0 Å². The van der Waals surface area contributed by atoms with Gasteiger partial charge in [-0.1, -0.05) is 50.5 Å². The molecule has 1 N–H and O–H groups in total. The van der Waals surface area contributed by atoms with Crippen LogP contribution < -0.4 is 0 Å². The molecule has 0 amide bonds. The van der Waals surface area contributed by atoms with Gasteiger partial charge < -0.3 is 5.11 Å². The molecular formula is C13H24O. The molecule has 0 aromatic rings. The van der Waals surface area contributed by atoms with Crippen LogP contribution >= 0.6 is 0 Å². The molecular weight excluding hydrogens is 172 g/mol. The summed E-state index contributed by atoms with van der Waals surface area (Å²) in [7, 11) is 0. The number of unbranched alkanes of at least 4 members (excludes halogenated alkanes) is 1. The van der Waals surface area contributed by atoms with E-state index >= 15 is 0 Å². The van der Waals surface area contributed by atoms with Gasteiger partial charge in [-0.25, -0.2) is 0 Å². The van der Waals surface area contributed by atoms with Gasteiger partial charge in [-0.15, -0.1) is 0 Å². The van der Waals surface area contributed by atoms with Gasteiger partial charge in [0.15, 0.2) is 0 Å². The van der Waals surface area contributed by atoms with Crippen molar-refractivity contribution in [3.63, 3.8) is 0 Å². The Hall–Kier alpha value is -0.560. The maximum Gasteiger partial charge on any atom is 0.0612 e. The van der Waals surface area contributed by atoms with Crippen molar-refractivity contribution in [3.8, 4) is 0 Å². The van der Waals surface area contributed by atoms with E-state index in [2.05, 4.69) is 19.9 Å². The smallest absolute Gasteiger partial charge is 0.0612 e. The molecule has 1 heteroatoms. The molecule has 0 spiro atoms. The second-order valence-corrected chi connectivity index (χ2v) is 3.59. The molecule has 0 saturated heterocycles. The lowest BCUT2D eigenvalue weighted by Gasteiger charge is -2.03. The Labute approximate surface area is 88.5 Å². The molecule has 0 heterocycles. The first-order chi connectivity index (χ1) is 6.85. The average Bonchev–Trinajstić information content (AvgIpc) is 2.18. The summed E-state index contributed by atoms with van der Waals surface area (Å²) in [5.41, 5.74) is 1.60. The number of rotatable bonds is 8. The van der Waals surface area contributed by atoms with Crippen molar-refractivity contribution in [2.75, 3.05) is 6.61 Å². The van der Waals surface area contributed by atoms with Gasteiger partial charge in [0.05, 0.1) is 6.61 Å². The Morgan fingerprint density at radius 3 is 2.14 bits per heavy atom. The molecule has 0 unspecified atom stereocenters. The Morgan fingerprint density at radius 2 is 1.64 bits per heavy atom. The third kappa shape index (κ3) is 8.06. The normalized spacial score (nSPS) is 10.8. The quantitative estimate of drug-likeness (QED) is 0.462. The molecule has 0 aliphatic heterocycles. The van der Waals surface area contributed by atoms with Crippen molar-refractivity contribution in [3.05, 3.63) is 23.8 Å². The topological polar surface area (TPSA) is 20.2 Å². The van der Waals surface area contributed by atoms with Crippen molar-refractivity contribution in [1.29, 1.82) is 0 Å². The van der Waals surface area contributed by atoms with E-state index in [-0.39, 0.29) is 6.61 Å². The van der Waals surface area contributed by atoms with E-state index < -0.39 is 0 Å². The molecule has 0 saturated carbocycles. The molecule has 0 aromatic carbocycles. The molecule has 0 aromatic heterocycles. The summed E-state index contributed by atoms with van der Waals surface area (Å²) in [6, 6.07) is 0. The van der Waals surface area contributed by atoms with Crippen LogP contribution in [0.4, 0.5) is 0 Å². The van der Waals surface area contributed by atoms with Crippen molar-refractivity contribution >= 4 is 0 Å². The lowest BCUT2D eigenvalue weighted by molar-refractivity contribution is 0.342. The Kier molecular flexibility index (Phi) is 10.1. The number of allylic oxidation sites excluding steroid dienone is 3. The monoisotopic (exact) mass is 196 g/mol. The minimum absolute atomic E-state index is 0.167. The molecule has 0 bridgehead atoms. The Morgan fingerprint density at radius 1 is 1.00 bits per heavy atom. The van der Waals surface area contributed by atoms with Crippen LogP contribution in [-0.2, 0) is 0 Å². The standard InChI is InChI=1S/C13H24O/c1-3-9-13(10-4-2)11-7-5-6-8-12-14/h6,8,11,14H,3-5,7,9-10,12H2,1-2H3/b8-6+. The fourth-order valence-corrected chi connectivity index (χ4v) is 1.55. The zero-order valence-electron chi connectivity index (χ0n) is 9.63. The van der Waals surface area contributed by atoms with E-state index in [9.17, 15) is 0 Å². The van der Waals surface area contributed by atoms with E-state index in [4.69, 9.17) is 5.11 Å². The van der Waals surface area contributed by atoms with Crippen molar-refractivity contribution in [2.45, 2.75) is 52.4 Å². The summed E-state index contributed by atoms with van der Waals surface area (Å²) in [6.45, 7) is 4.63. The highest BCUT2D eigenvalue weighted by atomic mass is 16.2. The maximum atomic E-state index is 8.54. The summed E-state index contributed by atoms with van der Waals surface area (Å²) < 4.78 is 0. The lowest BCUT2D eigenvalue weighted by atomic mass is 10.0. The van der Waals surface area contributed by atoms with Crippen LogP contribution in [0.5, 0.6) is 0 Å². The van der Waals surface area contributed by atoms with Gasteiger partial charge in [0.2, 0.25) is 0 Å². The predicted octanol–water partition coefficient (Wildman–Crippen LogP) is 3.84. The first-order valence-corrected chi connectivity index (χ1v) is 5.78. The van der Waals surface area contributed by atoms with Crippen LogP contribution in [0, 0.1) is 0 Å². The Bertz CT molecular complexity index is 160. The fraction of sp³-hybridized carbons (Fsp3) is 0.692. The molecule has 0 fully saturated rings. The minimum Gasteiger partial charge on any atom is -0.392 e. The van der Waals surface area contributed by atoms with Crippen LogP contribution in [0.15, 0.2) is 23.8 Å². The van der Waals surface area contributed by atoms with E-state index in [0.29, 0.717) is 0 Å². The molecule has 1 nitrogen and oxygen atoms in total. The van der Waals surface area contributed by atoms with Crippen LogP contribution in [0.1, 0.15) is 52.4 Å². The third-order valence-electron chi connectivity index (χ3n) is 2.18. The van der Waals surface area contributed by atoms with Gasteiger partial charge in [-0.3, -0.25) is 0 Å². The van der Waals surface area contributed by atoms with E-state index in [0.717, 1.165) is 12.8 Å². The lowest BCUT2D eigenvalue weighted by Crippen LogP contribution is -1.83. The van der Waals surface area contributed by atoms with Gasteiger partial charge in [0.25, 0.3) is 0 Å². The summed E-state index contributed by atoms with van der Waals surface area (Å²) in [5.74, 6) is 0. The van der Waals surface area contributed by atoms with Crippen LogP contribution in [0.2, 0.25) is 0 Å². The minimum atomic E-state index is 0.167. The molecule has 0 atom stereocenters. The maximum absolute atomic E-state index is 8.54. The van der Waals surface area contributed by atoms with Crippen molar-refractivity contribution < 1.29 is 5.11 Å². The summed E-state index contributed by atoms with van der Waals surface area (Å²) in [6.07, 6.45) is 13.4. The Balaban J connectivity index is 3.71. The SMILES string of the molecule is CCCC(=CCC/C=C/CO)CCC. The first kappa shape index (κ1) is 13.4. The van der Waals surface area contributed by atoms with Gasteiger partial charge in [0, 0.05) is 0 Å². The first-order valence-electron chi connectivity index (χ1n) is 5.78. The zero-order valence-corrected chi connectivity index (χ0v) is 9.63. The number of aliphatic hydroxyl groups is 1. The molecule has 0 aliphatic carbocycles. The van der Waals surface area contributed by atoms with Crippen LogP contribution in [-0.4, -0.2) is 11.7 Å².